The van der Waals surface area contributed by atoms with Gasteiger partial charge in [-0.25, -0.2) is 19.6 Å². The zero-order chi connectivity index (χ0) is 10.8. The Kier molecular flexibility index (Phi) is 3.01. The van der Waals surface area contributed by atoms with Gasteiger partial charge in [-0.15, -0.1) is 0 Å². The van der Waals surface area contributed by atoms with Gasteiger partial charge in [0.1, 0.15) is 21.8 Å². The van der Waals surface area contributed by atoms with E-state index in [2.05, 4.69) is 36.0 Å². The predicted molar refractivity (Wildman–Crippen MR) is 59.6 cm³/mol. The maximum Gasteiger partial charge on any atom is 0.192 e. The summed E-state index contributed by atoms with van der Waals surface area (Å²) in [6.45, 7) is 1.85. The number of hydrogen-bond donors (Lipinski definition) is 0. The van der Waals surface area contributed by atoms with E-state index in [9.17, 15) is 0 Å². The SMILES string of the molecule is Cc1nc(Br)cc(Sc2ncnn2C)n1. The Labute approximate surface area is 99.5 Å². The fourth-order valence-electron chi connectivity index (χ4n) is 1.03. The zero-order valence-electron chi connectivity index (χ0n) is 8.18. The number of nitrogens with zero attached hydrogens (tertiary/aromatic N) is 5. The third-order valence-electron chi connectivity index (χ3n) is 1.65. The van der Waals surface area contributed by atoms with E-state index in [0.29, 0.717) is 0 Å². The molecule has 0 bridgehead atoms. The Balaban J connectivity index is 2.28. The molecule has 0 atom stereocenters. The molecule has 0 aliphatic rings. The second-order valence-electron chi connectivity index (χ2n) is 2.84. The highest BCUT2D eigenvalue weighted by molar-refractivity contribution is 9.10. The molecule has 2 rings (SSSR count). The van der Waals surface area contributed by atoms with Crippen LogP contribution in [-0.2, 0) is 7.05 Å². The van der Waals surface area contributed by atoms with E-state index >= 15 is 0 Å². The lowest BCUT2D eigenvalue weighted by Crippen LogP contribution is -1.95. The van der Waals surface area contributed by atoms with E-state index in [-0.39, 0.29) is 0 Å². The van der Waals surface area contributed by atoms with Crippen molar-refractivity contribution in [1.29, 1.82) is 0 Å². The molecule has 0 spiro atoms. The number of aromatic nitrogens is 5. The lowest BCUT2D eigenvalue weighted by Gasteiger charge is -2.01. The molecule has 2 aromatic heterocycles. The summed E-state index contributed by atoms with van der Waals surface area (Å²) >= 11 is 4.79. The highest BCUT2D eigenvalue weighted by atomic mass is 79.9. The molecule has 78 valence electrons. The van der Waals surface area contributed by atoms with Crippen molar-refractivity contribution in [1.82, 2.24) is 24.7 Å². The maximum absolute atomic E-state index is 4.29. The second-order valence-corrected chi connectivity index (χ2v) is 4.64. The van der Waals surface area contributed by atoms with Gasteiger partial charge in [0.05, 0.1) is 0 Å². The molecule has 0 aromatic carbocycles. The predicted octanol–water partition coefficient (Wildman–Crippen LogP) is 1.83. The fraction of sp³-hybridized carbons (Fsp3) is 0.250. The average molecular weight is 286 g/mol. The van der Waals surface area contributed by atoms with E-state index in [1.54, 1.807) is 4.68 Å². The highest BCUT2D eigenvalue weighted by Gasteiger charge is 2.06. The zero-order valence-corrected chi connectivity index (χ0v) is 10.6. The van der Waals surface area contributed by atoms with Gasteiger partial charge in [0.15, 0.2) is 5.16 Å². The topological polar surface area (TPSA) is 56.5 Å². The molecule has 15 heavy (non-hydrogen) atoms. The molecule has 0 aliphatic carbocycles. The fourth-order valence-corrected chi connectivity index (χ4v) is 2.47. The molecule has 0 unspecified atom stereocenters. The minimum atomic E-state index is 0.731. The second kappa shape index (κ2) is 4.28. The molecule has 2 aromatic rings. The molecule has 0 saturated heterocycles. The lowest BCUT2D eigenvalue weighted by molar-refractivity contribution is 0.684. The summed E-state index contributed by atoms with van der Waals surface area (Å²) in [5.74, 6) is 0.731. The van der Waals surface area contributed by atoms with Crippen LogP contribution in [0.15, 0.2) is 27.2 Å². The molecule has 0 aliphatic heterocycles. The summed E-state index contributed by atoms with van der Waals surface area (Å²) < 4.78 is 2.48. The van der Waals surface area contributed by atoms with Gasteiger partial charge < -0.3 is 0 Å². The van der Waals surface area contributed by atoms with Crippen LogP contribution in [-0.4, -0.2) is 24.7 Å². The van der Waals surface area contributed by atoms with E-state index < -0.39 is 0 Å². The molecule has 0 amide bonds. The average Bonchev–Trinajstić information content (AvgIpc) is 2.50. The maximum atomic E-state index is 4.29. The largest absolute Gasteiger partial charge is 0.244 e. The van der Waals surface area contributed by atoms with Gasteiger partial charge >= 0.3 is 0 Å². The summed E-state index contributed by atoms with van der Waals surface area (Å²) in [4.78, 5) is 12.5. The molecule has 0 N–H and O–H groups in total. The summed E-state index contributed by atoms with van der Waals surface area (Å²) in [6, 6.07) is 1.85. The first-order valence-corrected chi connectivity index (χ1v) is 5.79. The summed E-state index contributed by atoms with van der Waals surface area (Å²) in [7, 11) is 1.85. The van der Waals surface area contributed by atoms with Crippen LogP contribution < -0.4 is 0 Å². The van der Waals surface area contributed by atoms with E-state index in [1.165, 1.54) is 18.1 Å². The van der Waals surface area contributed by atoms with Gasteiger partial charge in [-0.3, -0.25) is 0 Å². The van der Waals surface area contributed by atoms with Crippen LogP contribution in [0.4, 0.5) is 0 Å². The summed E-state index contributed by atoms with van der Waals surface area (Å²) in [5.41, 5.74) is 0. The normalized spacial score (nSPS) is 10.6. The molecular weight excluding hydrogens is 278 g/mol. The molecule has 5 nitrogen and oxygen atoms in total. The van der Waals surface area contributed by atoms with E-state index in [1.807, 2.05) is 20.0 Å². The van der Waals surface area contributed by atoms with Gasteiger partial charge in [-0.1, -0.05) is 0 Å². The Hall–Kier alpha value is -0.950. The first kappa shape index (κ1) is 10.6. The van der Waals surface area contributed by atoms with Crippen LogP contribution in [0.25, 0.3) is 0 Å². The first-order chi connectivity index (χ1) is 7.15. The molecule has 0 fully saturated rings. The first-order valence-electron chi connectivity index (χ1n) is 4.18. The number of halogens is 1. The van der Waals surface area contributed by atoms with Crippen LogP contribution in [0.1, 0.15) is 5.82 Å². The molecule has 7 heteroatoms. The minimum Gasteiger partial charge on any atom is -0.244 e. The van der Waals surface area contributed by atoms with Gasteiger partial charge in [-0.2, -0.15) is 5.10 Å². The Bertz CT molecular complexity index is 463. The van der Waals surface area contributed by atoms with Crippen molar-refractivity contribution in [3.8, 4) is 0 Å². The Morgan fingerprint density at radius 3 is 2.80 bits per heavy atom. The van der Waals surface area contributed by atoms with Gasteiger partial charge in [0, 0.05) is 13.1 Å². The monoisotopic (exact) mass is 285 g/mol. The summed E-state index contributed by atoms with van der Waals surface area (Å²) in [6.07, 6.45) is 1.52. The van der Waals surface area contributed by atoms with E-state index in [0.717, 1.165) is 20.6 Å². The van der Waals surface area contributed by atoms with Gasteiger partial charge in [0.25, 0.3) is 0 Å². The van der Waals surface area contributed by atoms with Crippen molar-refractivity contribution in [2.45, 2.75) is 17.1 Å². The van der Waals surface area contributed by atoms with Crippen LogP contribution in [0, 0.1) is 6.92 Å². The van der Waals surface area contributed by atoms with Crippen molar-refractivity contribution in [3.63, 3.8) is 0 Å². The van der Waals surface area contributed by atoms with Crippen LogP contribution >= 0.6 is 27.7 Å². The Morgan fingerprint density at radius 2 is 2.20 bits per heavy atom. The van der Waals surface area contributed by atoms with Crippen molar-refractivity contribution < 1.29 is 0 Å². The third kappa shape index (κ3) is 2.54. The molecule has 0 radical (unpaired) electrons. The van der Waals surface area contributed by atoms with Gasteiger partial charge in [-0.05, 0) is 34.6 Å². The number of hydrogen-bond acceptors (Lipinski definition) is 5. The van der Waals surface area contributed by atoms with Crippen LogP contribution in [0.2, 0.25) is 0 Å². The smallest absolute Gasteiger partial charge is 0.192 e. The summed E-state index contributed by atoms with van der Waals surface area (Å²) in [5, 5.41) is 5.65. The molecule has 0 saturated carbocycles. The lowest BCUT2D eigenvalue weighted by atomic mass is 10.6. The van der Waals surface area contributed by atoms with Crippen molar-refractivity contribution in [2.75, 3.05) is 0 Å². The van der Waals surface area contributed by atoms with Crippen molar-refractivity contribution >= 4 is 27.7 Å². The standard InChI is InChI=1S/C8H8BrN5S/c1-5-12-6(9)3-7(13-5)15-8-10-4-11-14(8)2/h3-4H,1-2H3. The minimum absolute atomic E-state index is 0.731. The van der Waals surface area contributed by atoms with Gasteiger partial charge in [0.2, 0.25) is 0 Å². The molecular formula is C8H8BrN5S. The number of aryl methyl sites for hydroxylation is 2. The van der Waals surface area contributed by atoms with Crippen LogP contribution in [0.5, 0.6) is 0 Å². The van der Waals surface area contributed by atoms with Crippen molar-refractivity contribution in [3.05, 3.63) is 22.8 Å². The molecule has 2 heterocycles. The Morgan fingerprint density at radius 1 is 1.40 bits per heavy atom. The highest BCUT2D eigenvalue weighted by Crippen LogP contribution is 2.24. The van der Waals surface area contributed by atoms with Crippen LogP contribution in [0.3, 0.4) is 0 Å². The quantitative estimate of drug-likeness (QED) is 0.788. The number of rotatable bonds is 2. The van der Waals surface area contributed by atoms with Crippen molar-refractivity contribution in [2.24, 2.45) is 7.05 Å². The third-order valence-corrected chi connectivity index (χ3v) is 3.03. The van der Waals surface area contributed by atoms with E-state index in [4.69, 9.17) is 0 Å².